The van der Waals surface area contributed by atoms with Crippen LogP contribution >= 0.6 is 0 Å². The van der Waals surface area contributed by atoms with Crippen molar-refractivity contribution in [3.05, 3.63) is 47.5 Å². The van der Waals surface area contributed by atoms with Crippen LogP contribution < -0.4 is 0 Å². The molecule has 0 saturated carbocycles. The zero-order valence-corrected chi connectivity index (χ0v) is 12.4. The van der Waals surface area contributed by atoms with Crippen molar-refractivity contribution in [2.75, 3.05) is 33.9 Å². The van der Waals surface area contributed by atoms with Gasteiger partial charge in [0.05, 0.1) is 6.61 Å². The summed E-state index contributed by atoms with van der Waals surface area (Å²) in [5, 5.41) is 2.83. The van der Waals surface area contributed by atoms with E-state index in [1.165, 1.54) is 21.9 Å². The largest absolute Gasteiger partial charge is 0.381 e. The van der Waals surface area contributed by atoms with E-state index in [0.717, 1.165) is 32.6 Å². The molecule has 1 aliphatic rings. The first-order chi connectivity index (χ1) is 9.75. The van der Waals surface area contributed by atoms with Gasteiger partial charge in [0.15, 0.2) is 0 Å². The summed E-state index contributed by atoms with van der Waals surface area (Å²) in [6, 6.07) is 13.4. The predicted octanol–water partition coefficient (Wildman–Crippen LogP) is 3.45. The molecular formula is C18H23NO. The third-order valence-electron chi connectivity index (χ3n) is 4.22. The lowest BCUT2D eigenvalue weighted by Gasteiger charge is -2.17. The molecule has 1 fully saturated rings. The molecule has 2 aromatic rings. The molecule has 1 aliphatic heterocycles. The second-order valence-electron chi connectivity index (χ2n) is 5.98. The fourth-order valence-corrected chi connectivity index (χ4v) is 3.12. The van der Waals surface area contributed by atoms with Gasteiger partial charge in [0.2, 0.25) is 0 Å². The fraction of sp³-hybridized carbons (Fsp3) is 0.444. The Balaban J connectivity index is 2.05. The standard InChI is InChI=1S/C18H23NO/c1-19(2)11-9-15-6-3-5-14-7-4-8-17(18(14)15)16-10-12-20-13-16/h3-8,16H,9-13H2,1-2H3/t16-/m1/s1. The number of nitrogens with zero attached hydrogens (tertiary/aromatic N) is 1. The van der Waals surface area contributed by atoms with Crippen molar-refractivity contribution in [1.29, 1.82) is 0 Å². The Hall–Kier alpha value is -1.38. The molecule has 0 N–H and O–H groups in total. The van der Waals surface area contributed by atoms with Gasteiger partial charge in [0.1, 0.15) is 0 Å². The molecule has 2 aromatic carbocycles. The van der Waals surface area contributed by atoms with Crippen LogP contribution in [0, 0.1) is 0 Å². The van der Waals surface area contributed by atoms with Crippen LogP contribution in [0.5, 0.6) is 0 Å². The molecule has 0 unspecified atom stereocenters. The highest BCUT2D eigenvalue weighted by molar-refractivity contribution is 5.89. The van der Waals surface area contributed by atoms with Gasteiger partial charge < -0.3 is 9.64 Å². The van der Waals surface area contributed by atoms with Gasteiger partial charge in [-0.3, -0.25) is 0 Å². The minimum atomic E-state index is 0.569. The van der Waals surface area contributed by atoms with Gasteiger partial charge in [-0.05, 0) is 48.8 Å². The van der Waals surface area contributed by atoms with Crippen LogP contribution in [0.3, 0.4) is 0 Å². The third kappa shape index (κ3) is 2.72. The maximum atomic E-state index is 5.59. The van der Waals surface area contributed by atoms with E-state index in [2.05, 4.69) is 55.4 Å². The van der Waals surface area contributed by atoms with Gasteiger partial charge in [-0.1, -0.05) is 36.4 Å². The molecule has 0 aliphatic carbocycles. The van der Waals surface area contributed by atoms with E-state index < -0.39 is 0 Å². The highest BCUT2D eigenvalue weighted by Gasteiger charge is 2.20. The van der Waals surface area contributed by atoms with Crippen molar-refractivity contribution in [3.8, 4) is 0 Å². The van der Waals surface area contributed by atoms with Gasteiger partial charge in [0.25, 0.3) is 0 Å². The number of ether oxygens (including phenoxy) is 1. The molecule has 2 heteroatoms. The van der Waals surface area contributed by atoms with Crippen molar-refractivity contribution in [3.63, 3.8) is 0 Å². The Kier molecular flexibility index (Phi) is 4.04. The maximum Gasteiger partial charge on any atom is 0.0535 e. The lowest BCUT2D eigenvalue weighted by Crippen LogP contribution is -2.15. The van der Waals surface area contributed by atoms with E-state index >= 15 is 0 Å². The molecular weight excluding hydrogens is 246 g/mol. The van der Waals surface area contributed by atoms with Crippen molar-refractivity contribution in [2.24, 2.45) is 0 Å². The van der Waals surface area contributed by atoms with E-state index in [1.54, 1.807) is 0 Å². The number of hydrogen-bond acceptors (Lipinski definition) is 2. The van der Waals surface area contributed by atoms with Crippen LogP contribution in [0.25, 0.3) is 10.8 Å². The first-order valence-corrected chi connectivity index (χ1v) is 7.48. The van der Waals surface area contributed by atoms with Crippen LogP contribution in [0.15, 0.2) is 36.4 Å². The molecule has 20 heavy (non-hydrogen) atoms. The number of benzene rings is 2. The minimum Gasteiger partial charge on any atom is -0.381 e. The van der Waals surface area contributed by atoms with Crippen LogP contribution in [0.1, 0.15) is 23.5 Å². The van der Waals surface area contributed by atoms with Crippen molar-refractivity contribution >= 4 is 10.8 Å². The van der Waals surface area contributed by atoms with Gasteiger partial charge in [-0.25, -0.2) is 0 Å². The summed E-state index contributed by atoms with van der Waals surface area (Å²) in [5.74, 6) is 0.569. The molecule has 0 amide bonds. The van der Waals surface area contributed by atoms with Crippen LogP contribution in [-0.4, -0.2) is 38.8 Å². The molecule has 0 radical (unpaired) electrons. The van der Waals surface area contributed by atoms with Gasteiger partial charge >= 0.3 is 0 Å². The average molecular weight is 269 g/mol. The second kappa shape index (κ2) is 5.94. The van der Waals surface area contributed by atoms with E-state index in [9.17, 15) is 0 Å². The Morgan fingerprint density at radius 3 is 2.65 bits per heavy atom. The van der Waals surface area contributed by atoms with Crippen LogP contribution in [0.4, 0.5) is 0 Å². The topological polar surface area (TPSA) is 12.5 Å². The fourth-order valence-electron chi connectivity index (χ4n) is 3.12. The lowest BCUT2D eigenvalue weighted by atomic mass is 9.89. The van der Waals surface area contributed by atoms with E-state index in [4.69, 9.17) is 4.74 Å². The highest BCUT2D eigenvalue weighted by atomic mass is 16.5. The summed E-state index contributed by atoms with van der Waals surface area (Å²) < 4.78 is 5.59. The monoisotopic (exact) mass is 269 g/mol. The molecule has 0 aromatic heterocycles. The number of rotatable bonds is 4. The molecule has 1 heterocycles. The predicted molar refractivity (Wildman–Crippen MR) is 84.4 cm³/mol. The number of likely N-dealkylation sites (N-methyl/N-ethyl adjacent to an activating group) is 1. The zero-order valence-electron chi connectivity index (χ0n) is 12.4. The zero-order chi connectivity index (χ0) is 13.9. The Labute approximate surface area is 121 Å². The summed E-state index contributed by atoms with van der Waals surface area (Å²) >= 11 is 0. The van der Waals surface area contributed by atoms with Crippen LogP contribution in [0.2, 0.25) is 0 Å². The summed E-state index contributed by atoms with van der Waals surface area (Å²) in [4.78, 5) is 2.25. The van der Waals surface area contributed by atoms with Crippen molar-refractivity contribution in [1.82, 2.24) is 4.90 Å². The summed E-state index contributed by atoms with van der Waals surface area (Å²) in [6.45, 7) is 2.87. The van der Waals surface area contributed by atoms with Gasteiger partial charge in [0, 0.05) is 19.1 Å². The van der Waals surface area contributed by atoms with E-state index in [-0.39, 0.29) is 0 Å². The summed E-state index contributed by atoms with van der Waals surface area (Å²) in [5.41, 5.74) is 2.95. The third-order valence-corrected chi connectivity index (χ3v) is 4.22. The van der Waals surface area contributed by atoms with Gasteiger partial charge in [-0.15, -0.1) is 0 Å². The number of hydrogen-bond donors (Lipinski definition) is 0. The lowest BCUT2D eigenvalue weighted by molar-refractivity contribution is 0.194. The minimum absolute atomic E-state index is 0.569. The SMILES string of the molecule is CN(C)CCc1cccc2cccc([C@@H]3CCOC3)c12. The first kappa shape index (κ1) is 13.6. The molecule has 106 valence electrons. The number of fused-ring (bicyclic) bond motifs is 1. The van der Waals surface area contributed by atoms with E-state index in [1.807, 2.05) is 0 Å². The average Bonchev–Trinajstić information content (AvgIpc) is 2.98. The van der Waals surface area contributed by atoms with Crippen LogP contribution in [-0.2, 0) is 11.2 Å². The molecule has 0 spiro atoms. The Morgan fingerprint density at radius 1 is 1.15 bits per heavy atom. The second-order valence-corrected chi connectivity index (χ2v) is 5.98. The van der Waals surface area contributed by atoms with E-state index in [0.29, 0.717) is 5.92 Å². The van der Waals surface area contributed by atoms with Crippen molar-refractivity contribution < 1.29 is 4.74 Å². The maximum absolute atomic E-state index is 5.59. The van der Waals surface area contributed by atoms with Crippen molar-refractivity contribution in [2.45, 2.75) is 18.8 Å². The smallest absolute Gasteiger partial charge is 0.0535 e. The highest BCUT2D eigenvalue weighted by Crippen LogP contribution is 2.33. The molecule has 0 bridgehead atoms. The first-order valence-electron chi connectivity index (χ1n) is 7.48. The molecule has 1 saturated heterocycles. The molecule has 2 nitrogen and oxygen atoms in total. The molecule has 1 atom stereocenters. The molecule has 3 rings (SSSR count). The summed E-state index contributed by atoms with van der Waals surface area (Å²) in [6.07, 6.45) is 2.26. The quantitative estimate of drug-likeness (QED) is 0.843. The van der Waals surface area contributed by atoms with Gasteiger partial charge in [-0.2, -0.15) is 0 Å². The Bertz CT molecular complexity index is 580. The summed E-state index contributed by atoms with van der Waals surface area (Å²) in [7, 11) is 4.27. The Morgan fingerprint density at radius 2 is 1.95 bits per heavy atom. The normalized spacial score (nSPS) is 19.1.